The zero-order chi connectivity index (χ0) is 16.2. The van der Waals surface area contributed by atoms with Crippen LogP contribution in [0.4, 0.5) is 5.82 Å². The number of piperazine rings is 1. The van der Waals surface area contributed by atoms with Gasteiger partial charge >= 0.3 is 0 Å². The number of anilines is 1. The average molecular weight is 330 g/mol. The molecule has 0 aliphatic carbocycles. The molecule has 6 heteroatoms. The van der Waals surface area contributed by atoms with Crippen LogP contribution in [0.25, 0.3) is 0 Å². The molecule has 0 unspecified atom stereocenters. The third-order valence-electron chi connectivity index (χ3n) is 4.09. The molecule has 3 heterocycles. The first-order valence-electron chi connectivity index (χ1n) is 7.80. The Hall–Kier alpha value is -1.92. The van der Waals surface area contributed by atoms with E-state index in [9.17, 15) is 4.79 Å². The van der Waals surface area contributed by atoms with E-state index in [4.69, 9.17) is 0 Å². The van der Waals surface area contributed by atoms with Crippen molar-refractivity contribution >= 4 is 23.1 Å². The van der Waals surface area contributed by atoms with Crippen LogP contribution in [0.1, 0.15) is 15.9 Å². The molecule has 2 aromatic rings. The third kappa shape index (κ3) is 3.71. The molecular weight excluding hydrogens is 308 g/mol. The lowest BCUT2D eigenvalue weighted by atomic mass is 10.2. The molecule has 0 spiro atoms. The first-order chi connectivity index (χ1) is 11.1. The molecule has 2 aromatic heterocycles. The van der Waals surface area contributed by atoms with Crippen molar-refractivity contribution in [3.8, 4) is 0 Å². The third-order valence-corrected chi connectivity index (χ3v) is 4.82. The molecule has 0 bridgehead atoms. The second kappa shape index (κ2) is 7.10. The number of amides is 1. The fourth-order valence-corrected chi connectivity index (χ4v) is 3.50. The molecule has 1 aliphatic rings. The molecule has 3 rings (SSSR count). The Labute approximate surface area is 141 Å². The summed E-state index contributed by atoms with van der Waals surface area (Å²) in [5.74, 6) is 0.815. The normalized spacial score (nSPS) is 15.7. The second-order valence-corrected chi connectivity index (χ2v) is 6.75. The number of carbonyl (C=O) groups excluding carboxylic acids is 1. The summed E-state index contributed by atoms with van der Waals surface area (Å²) in [4.78, 5) is 23.4. The summed E-state index contributed by atoms with van der Waals surface area (Å²) in [6.07, 6.45) is 1.73. The Bertz CT molecular complexity index is 648. The van der Waals surface area contributed by atoms with Crippen molar-refractivity contribution in [1.29, 1.82) is 0 Å². The van der Waals surface area contributed by atoms with Crippen LogP contribution in [0.5, 0.6) is 0 Å². The number of carbonyl (C=O) groups is 1. The summed E-state index contributed by atoms with van der Waals surface area (Å²) in [5, 5.41) is 4.30. The van der Waals surface area contributed by atoms with Crippen LogP contribution in [-0.4, -0.2) is 61.0 Å². The number of aromatic nitrogens is 1. The Balaban J connectivity index is 1.62. The van der Waals surface area contributed by atoms with Crippen LogP contribution >= 0.6 is 11.3 Å². The standard InChI is InChI=1S/C17H22N4OS/c1-19(2)16-15(4-3-6-18-16)17(22)21-9-7-20(8-10-21)12-14-5-11-23-13-14/h3-6,11,13H,7-10,12H2,1-2H3. The van der Waals surface area contributed by atoms with Gasteiger partial charge in [0.1, 0.15) is 5.82 Å². The van der Waals surface area contributed by atoms with Gasteiger partial charge in [-0.2, -0.15) is 11.3 Å². The van der Waals surface area contributed by atoms with Gasteiger partial charge in [-0.05, 0) is 34.5 Å². The number of hydrogen-bond acceptors (Lipinski definition) is 5. The molecule has 0 atom stereocenters. The first kappa shape index (κ1) is 16.0. The lowest BCUT2D eigenvalue weighted by molar-refractivity contribution is 0.0629. The Morgan fingerprint density at radius 1 is 1.26 bits per heavy atom. The molecule has 23 heavy (non-hydrogen) atoms. The van der Waals surface area contributed by atoms with Gasteiger partial charge in [0, 0.05) is 53.0 Å². The molecule has 1 aliphatic heterocycles. The molecule has 122 valence electrons. The molecule has 1 amide bonds. The number of nitrogens with zero attached hydrogens (tertiary/aromatic N) is 4. The van der Waals surface area contributed by atoms with Gasteiger partial charge in [-0.25, -0.2) is 4.98 Å². The van der Waals surface area contributed by atoms with Crippen molar-refractivity contribution in [3.63, 3.8) is 0 Å². The molecule has 1 fully saturated rings. The predicted octanol–water partition coefficient (Wildman–Crippen LogP) is 2.17. The fraction of sp³-hybridized carbons (Fsp3) is 0.412. The first-order valence-corrected chi connectivity index (χ1v) is 8.74. The minimum Gasteiger partial charge on any atom is -0.362 e. The highest BCUT2D eigenvalue weighted by molar-refractivity contribution is 7.07. The molecule has 1 saturated heterocycles. The molecule has 0 saturated carbocycles. The van der Waals surface area contributed by atoms with Crippen LogP contribution in [-0.2, 0) is 6.54 Å². The van der Waals surface area contributed by atoms with Crippen molar-refractivity contribution in [2.75, 3.05) is 45.2 Å². The largest absolute Gasteiger partial charge is 0.362 e. The molecule has 0 N–H and O–H groups in total. The highest BCUT2D eigenvalue weighted by Crippen LogP contribution is 2.18. The number of hydrogen-bond donors (Lipinski definition) is 0. The number of thiophene rings is 1. The Kier molecular flexibility index (Phi) is 4.93. The van der Waals surface area contributed by atoms with Crippen LogP contribution in [0.15, 0.2) is 35.2 Å². The maximum atomic E-state index is 12.8. The minimum absolute atomic E-state index is 0.0805. The minimum atomic E-state index is 0.0805. The summed E-state index contributed by atoms with van der Waals surface area (Å²) in [6, 6.07) is 5.86. The van der Waals surface area contributed by atoms with Crippen molar-refractivity contribution in [2.24, 2.45) is 0 Å². The fourth-order valence-electron chi connectivity index (χ4n) is 2.84. The van der Waals surface area contributed by atoms with Gasteiger partial charge < -0.3 is 9.80 Å². The van der Waals surface area contributed by atoms with Gasteiger partial charge in [0.2, 0.25) is 0 Å². The predicted molar refractivity (Wildman–Crippen MR) is 94.1 cm³/mol. The van der Waals surface area contributed by atoms with E-state index >= 15 is 0 Å². The van der Waals surface area contributed by atoms with Crippen LogP contribution in [0, 0.1) is 0 Å². The summed E-state index contributed by atoms with van der Waals surface area (Å²) in [7, 11) is 3.83. The smallest absolute Gasteiger partial charge is 0.257 e. The highest BCUT2D eigenvalue weighted by atomic mass is 32.1. The van der Waals surface area contributed by atoms with Gasteiger partial charge in [-0.15, -0.1) is 0 Å². The lowest BCUT2D eigenvalue weighted by Gasteiger charge is -2.35. The van der Waals surface area contributed by atoms with E-state index in [1.165, 1.54) is 5.56 Å². The molecular formula is C17H22N4OS. The van der Waals surface area contributed by atoms with Crippen molar-refractivity contribution in [2.45, 2.75) is 6.54 Å². The van der Waals surface area contributed by atoms with E-state index in [1.807, 2.05) is 36.0 Å². The van der Waals surface area contributed by atoms with Crippen molar-refractivity contribution in [3.05, 3.63) is 46.3 Å². The van der Waals surface area contributed by atoms with Gasteiger partial charge in [0.25, 0.3) is 5.91 Å². The highest BCUT2D eigenvalue weighted by Gasteiger charge is 2.24. The van der Waals surface area contributed by atoms with Crippen LogP contribution in [0.2, 0.25) is 0 Å². The van der Waals surface area contributed by atoms with E-state index in [1.54, 1.807) is 17.5 Å². The lowest BCUT2D eigenvalue weighted by Crippen LogP contribution is -2.48. The quantitative estimate of drug-likeness (QED) is 0.861. The van der Waals surface area contributed by atoms with Gasteiger partial charge in [0.05, 0.1) is 5.56 Å². The SMILES string of the molecule is CN(C)c1ncccc1C(=O)N1CCN(Cc2ccsc2)CC1. The van der Waals surface area contributed by atoms with Crippen molar-refractivity contribution in [1.82, 2.24) is 14.8 Å². The average Bonchev–Trinajstić information content (AvgIpc) is 3.08. The van der Waals surface area contributed by atoms with Gasteiger partial charge in [-0.3, -0.25) is 9.69 Å². The zero-order valence-corrected chi connectivity index (χ0v) is 14.4. The summed E-state index contributed by atoms with van der Waals surface area (Å²) >= 11 is 1.73. The summed E-state index contributed by atoms with van der Waals surface area (Å²) in [6.45, 7) is 4.34. The van der Waals surface area contributed by atoms with E-state index in [0.717, 1.165) is 38.5 Å². The second-order valence-electron chi connectivity index (χ2n) is 5.97. The van der Waals surface area contributed by atoms with E-state index in [2.05, 4.69) is 26.7 Å². The van der Waals surface area contributed by atoms with E-state index < -0.39 is 0 Å². The molecule has 5 nitrogen and oxygen atoms in total. The number of rotatable bonds is 4. The maximum absolute atomic E-state index is 12.8. The van der Waals surface area contributed by atoms with Crippen LogP contribution < -0.4 is 4.90 Å². The maximum Gasteiger partial charge on any atom is 0.257 e. The summed E-state index contributed by atoms with van der Waals surface area (Å²) in [5.41, 5.74) is 2.04. The summed E-state index contributed by atoms with van der Waals surface area (Å²) < 4.78 is 0. The van der Waals surface area contributed by atoms with E-state index in [-0.39, 0.29) is 5.91 Å². The molecule has 0 radical (unpaired) electrons. The Morgan fingerprint density at radius 2 is 2.04 bits per heavy atom. The van der Waals surface area contributed by atoms with Crippen molar-refractivity contribution < 1.29 is 4.79 Å². The van der Waals surface area contributed by atoms with Gasteiger partial charge in [0.15, 0.2) is 0 Å². The Morgan fingerprint density at radius 3 is 2.70 bits per heavy atom. The number of pyridine rings is 1. The monoisotopic (exact) mass is 330 g/mol. The molecule has 0 aromatic carbocycles. The van der Waals surface area contributed by atoms with Crippen LogP contribution in [0.3, 0.4) is 0 Å². The topological polar surface area (TPSA) is 39.7 Å². The van der Waals surface area contributed by atoms with E-state index in [0.29, 0.717) is 5.56 Å². The van der Waals surface area contributed by atoms with Gasteiger partial charge in [-0.1, -0.05) is 0 Å². The zero-order valence-electron chi connectivity index (χ0n) is 13.6.